The lowest BCUT2D eigenvalue weighted by atomic mass is 9.79. The molecule has 4 aromatic rings. The smallest absolute Gasteiger partial charge is 0.225 e. The molecular weight excluding hydrogens is 549 g/mol. The van der Waals surface area contributed by atoms with Crippen LogP contribution in [0.1, 0.15) is 25.0 Å². The van der Waals surface area contributed by atoms with Crippen LogP contribution in [0.3, 0.4) is 0 Å². The van der Waals surface area contributed by atoms with Crippen LogP contribution in [-0.2, 0) is 10.0 Å². The van der Waals surface area contributed by atoms with Crippen LogP contribution >= 0.6 is 23.2 Å². The van der Waals surface area contributed by atoms with Gasteiger partial charge in [0.1, 0.15) is 17.5 Å². The molecule has 2 fully saturated rings. The van der Waals surface area contributed by atoms with Crippen molar-refractivity contribution in [1.29, 1.82) is 0 Å². The first-order valence-electron chi connectivity index (χ1n) is 12.1. The number of rotatable bonds is 6. The van der Waals surface area contributed by atoms with Crippen molar-refractivity contribution >= 4 is 50.1 Å². The fraction of sp³-hybridized carbons (Fsp3) is 0.360. The molecule has 1 atom stereocenters. The lowest BCUT2D eigenvalue weighted by molar-refractivity contribution is 0.227. The van der Waals surface area contributed by atoms with Gasteiger partial charge in [0, 0.05) is 72.9 Å². The summed E-state index contributed by atoms with van der Waals surface area (Å²) >= 11 is 12.6. The number of halogens is 2. The summed E-state index contributed by atoms with van der Waals surface area (Å²) < 4.78 is 31.5. The molecule has 6 rings (SSSR count). The summed E-state index contributed by atoms with van der Waals surface area (Å²) in [5.74, 6) is 1.26. The molecule has 1 aromatic carbocycles. The molecule has 2 aliphatic rings. The fourth-order valence-corrected chi connectivity index (χ4v) is 6.91. The number of aromatic nitrogens is 5. The third-order valence-electron chi connectivity index (χ3n) is 7.26. The third kappa shape index (κ3) is 4.57. The van der Waals surface area contributed by atoms with Gasteiger partial charge in [-0.15, -0.1) is 0 Å². The minimum absolute atomic E-state index is 0.0121. The first-order chi connectivity index (χ1) is 18.1. The summed E-state index contributed by atoms with van der Waals surface area (Å²) in [5.41, 5.74) is 3.00. The van der Waals surface area contributed by atoms with Gasteiger partial charge in [0.2, 0.25) is 16.0 Å². The normalized spacial score (nSPS) is 18.2. The van der Waals surface area contributed by atoms with Crippen LogP contribution in [-0.4, -0.2) is 70.3 Å². The molecule has 0 unspecified atom stereocenters. The molecule has 10 nitrogen and oxygen atoms in total. The second kappa shape index (κ2) is 9.33. The van der Waals surface area contributed by atoms with Crippen LogP contribution in [0.15, 0.2) is 43.0 Å². The Morgan fingerprint density at radius 2 is 1.79 bits per heavy atom. The van der Waals surface area contributed by atoms with E-state index in [9.17, 15) is 8.42 Å². The highest BCUT2D eigenvalue weighted by molar-refractivity contribution is 7.88. The van der Waals surface area contributed by atoms with Crippen molar-refractivity contribution in [3.05, 3.63) is 58.6 Å². The molecule has 0 aliphatic carbocycles. The lowest BCUT2D eigenvalue weighted by Gasteiger charge is -2.47. The van der Waals surface area contributed by atoms with Crippen molar-refractivity contribution in [2.75, 3.05) is 37.3 Å². The molecule has 1 N–H and O–H groups in total. The van der Waals surface area contributed by atoms with Crippen molar-refractivity contribution in [2.45, 2.75) is 19.4 Å². The molecule has 38 heavy (non-hydrogen) atoms. The molecule has 0 amide bonds. The van der Waals surface area contributed by atoms with E-state index in [4.69, 9.17) is 27.9 Å². The maximum absolute atomic E-state index is 11.9. The van der Waals surface area contributed by atoms with E-state index in [0.29, 0.717) is 46.1 Å². The Bertz CT molecular complexity index is 1600. The number of benzene rings is 1. The molecule has 2 saturated heterocycles. The summed E-state index contributed by atoms with van der Waals surface area (Å²) in [5, 5.41) is 9.29. The minimum Gasteiger partial charge on any atom is -0.486 e. The molecular formula is C25H25Cl2N7O3S. The molecule has 198 valence electrons. The highest BCUT2D eigenvalue weighted by Crippen LogP contribution is 2.42. The molecule has 5 heterocycles. The Balaban J connectivity index is 1.18. The highest BCUT2D eigenvalue weighted by atomic mass is 35.5. The van der Waals surface area contributed by atoms with Crippen molar-refractivity contribution in [3.8, 4) is 17.0 Å². The van der Waals surface area contributed by atoms with E-state index in [0.717, 1.165) is 36.0 Å². The summed E-state index contributed by atoms with van der Waals surface area (Å²) in [4.78, 5) is 15.2. The molecule has 0 bridgehead atoms. The van der Waals surface area contributed by atoms with Crippen LogP contribution < -0.4 is 9.64 Å². The van der Waals surface area contributed by atoms with Crippen molar-refractivity contribution < 1.29 is 13.2 Å². The Labute approximate surface area is 230 Å². The third-order valence-corrected chi connectivity index (χ3v) is 9.12. The van der Waals surface area contributed by atoms with Crippen LogP contribution in [0, 0.1) is 5.41 Å². The number of ether oxygens (including phenoxy) is 1. The molecule has 13 heteroatoms. The first kappa shape index (κ1) is 25.3. The summed E-state index contributed by atoms with van der Waals surface area (Å²) in [6, 6.07) is 5.67. The number of nitrogens with zero attached hydrogens (tertiary/aromatic N) is 6. The van der Waals surface area contributed by atoms with E-state index in [-0.39, 0.29) is 5.41 Å². The van der Waals surface area contributed by atoms with Gasteiger partial charge in [0.25, 0.3) is 0 Å². The molecule has 0 saturated carbocycles. The highest BCUT2D eigenvalue weighted by Gasteiger charge is 2.50. The molecule has 3 aromatic heterocycles. The molecule has 0 radical (unpaired) electrons. The zero-order chi connectivity index (χ0) is 26.7. The van der Waals surface area contributed by atoms with Gasteiger partial charge < -0.3 is 9.64 Å². The van der Waals surface area contributed by atoms with Gasteiger partial charge in [-0.05, 0) is 31.5 Å². The maximum Gasteiger partial charge on any atom is 0.225 e. The van der Waals surface area contributed by atoms with Gasteiger partial charge >= 0.3 is 0 Å². The minimum atomic E-state index is -3.16. The number of nitrogens with one attached hydrogen (secondary N) is 1. The number of hydrogen-bond donors (Lipinski definition) is 1. The average Bonchev–Trinajstić information content (AvgIpc) is 3.48. The number of pyridine rings is 1. The zero-order valence-corrected chi connectivity index (χ0v) is 23.1. The average molecular weight is 574 g/mol. The zero-order valence-electron chi connectivity index (χ0n) is 20.7. The Morgan fingerprint density at radius 3 is 2.45 bits per heavy atom. The number of H-pyrrole nitrogens is 1. The topological polar surface area (TPSA) is 117 Å². The van der Waals surface area contributed by atoms with Crippen LogP contribution in [0.2, 0.25) is 10.0 Å². The van der Waals surface area contributed by atoms with E-state index < -0.39 is 16.1 Å². The number of fused-ring (bicyclic) bond motifs is 1. The maximum atomic E-state index is 11.9. The van der Waals surface area contributed by atoms with Crippen LogP contribution in [0.25, 0.3) is 22.2 Å². The van der Waals surface area contributed by atoms with E-state index in [1.54, 1.807) is 29.1 Å². The van der Waals surface area contributed by atoms with Gasteiger partial charge in [-0.1, -0.05) is 23.2 Å². The second-order valence-corrected chi connectivity index (χ2v) is 12.8. The first-order valence-corrected chi connectivity index (χ1v) is 14.7. The van der Waals surface area contributed by atoms with Crippen molar-refractivity contribution in [3.63, 3.8) is 0 Å². The van der Waals surface area contributed by atoms with Crippen LogP contribution in [0.4, 0.5) is 5.95 Å². The van der Waals surface area contributed by atoms with E-state index in [2.05, 4.69) is 30.0 Å². The lowest BCUT2D eigenvalue weighted by Crippen LogP contribution is -2.58. The standard InChI is InChI=1S/C25H25Cl2N7O3S/c1-15(22-19(26)10-28-11-20(22)27)37-17-3-4-21-18(7-17)23(32-31-21)16-8-29-24(30-9-16)33-12-25(13-33)5-6-34(14-25)38(2,35)36/h3-4,7-11,15H,5-6,12-14H2,1-2H3,(H,31,32)/t15-/m1/s1. The summed E-state index contributed by atoms with van der Waals surface area (Å²) in [6.07, 6.45) is 8.34. The largest absolute Gasteiger partial charge is 0.486 e. The van der Waals surface area contributed by atoms with E-state index >= 15 is 0 Å². The Hall–Kier alpha value is -2.99. The SMILES string of the molecule is C[C@@H](Oc1ccc2[nH]nc(-c3cnc(N4CC5(CCN(S(C)(=O)=O)C5)C4)nc3)c2c1)c1c(Cl)cncc1Cl. The molecule has 2 aliphatic heterocycles. The van der Waals surface area contributed by atoms with Gasteiger partial charge in [-0.3, -0.25) is 10.1 Å². The fourth-order valence-electron chi connectivity index (χ4n) is 5.31. The quantitative estimate of drug-likeness (QED) is 0.362. The predicted octanol–water partition coefficient (Wildman–Crippen LogP) is 4.33. The molecule has 1 spiro atoms. The van der Waals surface area contributed by atoms with Crippen molar-refractivity contribution in [2.24, 2.45) is 5.41 Å². The van der Waals surface area contributed by atoms with Crippen LogP contribution in [0.5, 0.6) is 5.75 Å². The number of hydrogen-bond acceptors (Lipinski definition) is 8. The summed E-state index contributed by atoms with van der Waals surface area (Å²) in [6.45, 7) is 4.50. The van der Waals surface area contributed by atoms with E-state index in [1.807, 2.05) is 25.1 Å². The summed E-state index contributed by atoms with van der Waals surface area (Å²) in [7, 11) is -3.16. The van der Waals surface area contributed by atoms with Gasteiger partial charge in [0.05, 0.1) is 21.8 Å². The van der Waals surface area contributed by atoms with Gasteiger partial charge in [-0.2, -0.15) is 5.10 Å². The number of anilines is 1. The van der Waals surface area contributed by atoms with Gasteiger partial charge in [0.15, 0.2) is 0 Å². The number of aromatic amines is 1. The number of sulfonamides is 1. The predicted molar refractivity (Wildman–Crippen MR) is 146 cm³/mol. The Kier molecular flexibility index (Phi) is 6.21. The van der Waals surface area contributed by atoms with E-state index in [1.165, 1.54) is 6.26 Å². The monoisotopic (exact) mass is 573 g/mol. The Morgan fingerprint density at radius 1 is 1.08 bits per heavy atom. The second-order valence-electron chi connectivity index (χ2n) is 10.0. The van der Waals surface area contributed by atoms with Gasteiger partial charge in [-0.25, -0.2) is 22.7 Å². The van der Waals surface area contributed by atoms with Crippen molar-refractivity contribution in [1.82, 2.24) is 29.5 Å².